The maximum Gasteiger partial charge on any atom is 0.417 e. The van der Waals surface area contributed by atoms with Crippen molar-refractivity contribution in [1.29, 1.82) is 0 Å². The highest BCUT2D eigenvalue weighted by Gasteiger charge is 2.61. The molecule has 1 aliphatic rings. The van der Waals surface area contributed by atoms with Crippen molar-refractivity contribution in [3.63, 3.8) is 0 Å². The van der Waals surface area contributed by atoms with Crippen LogP contribution < -0.4 is 5.76 Å². The number of halogens is 3. The molecule has 0 spiro atoms. The quantitative estimate of drug-likeness (QED) is 0.851. The van der Waals surface area contributed by atoms with E-state index in [0.29, 0.717) is 0 Å². The van der Waals surface area contributed by atoms with Gasteiger partial charge in [-0.1, -0.05) is 6.07 Å². The van der Waals surface area contributed by atoms with Gasteiger partial charge in [0.1, 0.15) is 5.41 Å². The summed E-state index contributed by atoms with van der Waals surface area (Å²) in [4.78, 5) is 13.3. The Balaban J connectivity index is 2.16. The summed E-state index contributed by atoms with van der Waals surface area (Å²) in [5.41, 5.74) is -1.41. The minimum Gasteiger partial charge on any atom is -0.408 e. The number of hydrogen-bond donors (Lipinski definition) is 1. The fourth-order valence-corrected chi connectivity index (χ4v) is 2.05. The standard InChI is InChI=1S/C11H8F3NO3/c12-11(13,14)10(4-17-5-10)6-1-2-8-7(3-6)15-9(16)18-8/h1-3H,4-5H2,(H,15,16). The van der Waals surface area contributed by atoms with Crippen molar-refractivity contribution in [2.24, 2.45) is 0 Å². The summed E-state index contributed by atoms with van der Waals surface area (Å²) >= 11 is 0. The topological polar surface area (TPSA) is 55.2 Å². The van der Waals surface area contributed by atoms with E-state index in [1.165, 1.54) is 18.2 Å². The highest BCUT2D eigenvalue weighted by molar-refractivity contribution is 5.73. The van der Waals surface area contributed by atoms with Gasteiger partial charge in [0.05, 0.1) is 18.7 Å². The van der Waals surface area contributed by atoms with Crippen LogP contribution in [0.2, 0.25) is 0 Å². The molecule has 18 heavy (non-hydrogen) atoms. The molecule has 0 aliphatic carbocycles. The van der Waals surface area contributed by atoms with E-state index in [0.717, 1.165) is 0 Å². The van der Waals surface area contributed by atoms with Gasteiger partial charge in [0.2, 0.25) is 0 Å². The average Bonchev–Trinajstić information content (AvgIpc) is 2.52. The number of fused-ring (bicyclic) bond motifs is 1. The van der Waals surface area contributed by atoms with Crippen molar-refractivity contribution >= 4 is 11.1 Å². The Morgan fingerprint density at radius 3 is 2.56 bits per heavy atom. The number of H-pyrrole nitrogens is 1. The summed E-state index contributed by atoms with van der Waals surface area (Å²) in [6, 6.07) is 3.96. The van der Waals surface area contributed by atoms with Crippen molar-refractivity contribution in [2.75, 3.05) is 13.2 Å². The Labute approximate surface area is 98.4 Å². The van der Waals surface area contributed by atoms with Crippen LogP contribution in [0.3, 0.4) is 0 Å². The lowest BCUT2D eigenvalue weighted by atomic mass is 9.78. The van der Waals surface area contributed by atoms with Crippen LogP contribution in [0.25, 0.3) is 11.1 Å². The molecule has 0 amide bonds. The van der Waals surface area contributed by atoms with E-state index >= 15 is 0 Å². The van der Waals surface area contributed by atoms with Gasteiger partial charge in [-0.25, -0.2) is 4.79 Å². The van der Waals surface area contributed by atoms with E-state index in [1.54, 1.807) is 0 Å². The monoisotopic (exact) mass is 259 g/mol. The van der Waals surface area contributed by atoms with Crippen molar-refractivity contribution < 1.29 is 22.3 Å². The highest BCUT2D eigenvalue weighted by Crippen LogP contribution is 2.46. The van der Waals surface area contributed by atoms with Crippen LogP contribution in [0.5, 0.6) is 0 Å². The maximum absolute atomic E-state index is 13.1. The number of benzene rings is 1. The van der Waals surface area contributed by atoms with Gasteiger partial charge in [0, 0.05) is 0 Å². The molecule has 1 fully saturated rings. The Kier molecular flexibility index (Phi) is 2.13. The van der Waals surface area contributed by atoms with Crippen LogP contribution in [-0.2, 0) is 10.2 Å². The molecule has 1 aromatic heterocycles. The molecule has 96 valence electrons. The smallest absolute Gasteiger partial charge is 0.408 e. The van der Waals surface area contributed by atoms with Gasteiger partial charge in [-0.15, -0.1) is 0 Å². The first kappa shape index (κ1) is 11.3. The first-order chi connectivity index (χ1) is 8.42. The third-order valence-corrected chi connectivity index (χ3v) is 3.21. The number of alkyl halides is 3. The second-order valence-corrected chi connectivity index (χ2v) is 4.30. The summed E-state index contributed by atoms with van der Waals surface area (Å²) < 4.78 is 48.7. The molecule has 0 unspecified atom stereocenters. The number of ether oxygens (including phenoxy) is 1. The minimum atomic E-state index is -4.39. The number of aromatic nitrogens is 1. The van der Waals surface area contributed by atoms with Crippen LogP contribution >= 0.6 is 0 Å². The van der Waals surface area contributed by atoms with Crippen LogP contribution in [0, 0.1) is 0 Å². The predicted octanol–water partition coefficient (Wildman–Crippen LogP) is 1.95. The van der Waals surface area contributed by atoms with Gasteiger partial charge >= 0.3 is 11.9 Å². The van der Waals surface area contributed by atoms with Crippen LogP contribution in [0.15, 0.2) is 27.4 Å². The predicted molar refractivity (Wildman–Crippen MR) is 55.4 cm³/mol. The number of rotatable bonds is 1. The van der Waals surface area contributed by atoms with Crippen molar-refractivity contribution in [2.45, 2.75) is 11.6 Å². The zero-order valence-electron chi connectivity index (χ0n) is 9.00. The normalized spacial score (nSPS) is 18.8. The molecule has 1 aromatic carbocycles. The van der Waals surface area contributed by atoms with Gasteiger partial charge in [0.25, 0.3) is 0 Å². The molecular formula is C11H8F3NO3. The average molecular weight is 259 g/mol. The van der Waals surface area contributed by atoms with E-state index in [1.807, 2.05) is 0 Å². The first-order valence-corrected chi connectivity index (χ1v) is 5.20. The lowest BCUT2D eigenvalue weighted by molar-refractivity contribution is -0.262. The Bertz CT molecular complexity index is 651. The largest absolute Gasteiger partial charge is 0.417 e. The van der Waals surface area contributed by atoms with Crippen molar-refractivity contribution in [1.82, 2.24) is 4.98 Å². The Morgan fingerprint density at radius 2 is 2.00 bits per heavy atom. The lowest BCUT2D eigenvalue weighted by Gasteiger charge is -2.42. The van der Waals surface area contributed by atoms with Crippen LogP contribution in [0.4, 0.5) is 13.2 Å². The fourth-order valence-electron chi connectivity index (χ4n) is 2.05. The molecule has 3 rings (SSSR count). The second kappa shape index (κ2) is 3.38. The number of hydrogen-bond acceptors (Lipinski definition) is 3. The van der Waals surface area contributed by atoms with E-state index < -0.39 is 30.6 Å². The molecule has 4 nitrogen and oxygen atoms in total. The molecule has 0 bridgehead atoms. The maximum atomic E-state index is 13.1. The molecule has 0 saturated carbocycles. The Morgan fingerprint density at radius 1 is 1.28 bits per heavy atom. The van der Waals surface area contributed by atoms with Crippen molar-refractivity contribution in [3.05, 3.63) is 34.3 Å². The molecule has 0 atom stereocenters. The third-order valence-electron chi connectivity index (χ3n) is 3.21. The Hall–Kier alpha value is -1.76. The number of nitrogens with one attached hydrogen (secondary N) is 1. The molecular weight excluding hydrogens is 251 g/mol. The highest BCUT2D eigenvalue weighted by atomic mass is 19.4. The lowest BCUT2D eigenvalue weighted by Crippen LogP contribution is -2.57. The van der Waals surface area contributed by atoms with E-state index in [9.17, 15) is 18.0 Å². The summed E-state index contributed by atoms with van der Waals surface area (Å²) in [7, 11) is 0. The zero-order chi connectivity index (χ0) is 13.0. The number of aromatic amines is 1. The second-order valence-electron chi connectivity index (χ2n) is 4.30. The van der Waals surface area contributed by atoms with Gasteiger partial charge in [0.15, 0.2) is 5.58 Å². The number of oxazole rings is 1. The van der Waals surface area contributed by atoms with E-state index in [4.69, 9.17) is 9.15 Å². The van der Waals surface area contributed by atoms with Gasteiger partial charge in [-0.05, 0) is 17.7 Å². The summed E-state index contributed by atoms with van der Waals surface area (Å²) in [5, 5.41) is 0. The minimum absolute atomic E-state index is 0.0748. The van der Waals surface area contributed by atoms with E-state index in [-0.39, 0.29) is 16.7 Å². The molecule has 7 heteroatoms. The van der Waals surface area contributed by atoms with E-state index in [2.05, 4.69) is 4.98 Å². The molecule has 1 saturated heterocycles. The van der Waals surface area contributed by atoms with Crippen LogP contribution in [-0.4, -0.2) is 24.4 Å². The SMILES string of the molecule is O=c1[nH]c2cc(C3(C(F)(F)F)COC3)ccc2o1. The van der Waals surface area contributed by atoms with Gasteiger partial charge in [-0.2, -0.15) is 13.2 Å². The zero-order valence-corrected chi connectivity index (χ0v) is 9.00. The summed E-state index contributed by atoms with van der Waals surface area (Å²) in [6.07, 6.45) is -4.39. The molecule has 1 N–H and O–H groups in total. The molecule has 2 heterocycles. The fraction of sp³-hybridized carbons (Fsp3) is 0.364. The molecule has 2 aromatic rings. The van der Waals surface area contributed by atoms with Gasteiger partial charge in [-0.3, -0.25) is 4.98 Å². The molecule has 1 aliphatic heterocycles. The van der Waals surface area contributed by atoms with Crippen LogP contribution in [0.1, 0.15) is 5.56 Å². The molecule has 0 radical (unpaired) electrons. The summed E-state index contributed by atoms with van der Waals surface area (Å²) in [5.74, 6) is -0.687. The summed E-state index contributed by atoms with van der Waals surface area (Å²) in [6.45, 7) is -0.797. The first-order valence-electron chi connectivity index (χ1n) is 5.20. The van der Waals surface area contributed by atoms with Gasteiger partial charge < -0.3 is 9.15 Å². The van der Waals surface area contributed by atoms with Crippen molar-refractivity contribution in [3.8, 4) is 0 Å². The third kappa shape index (κ3) is 1.40.